The first-order chi connectivity index (χ1) is 4.33. The molecule has 1 unspecified atom stereocenters. The summed E-state index contributed by atoms with van der Waals surface area (Å²) < 4.78 is 0. The van der Waals surface area contributed by atoms with Gasteiger partial charge in [-0.15, -0.1) is 0 Å². The average molecular weight is 127 g/mol. The van der Waals surface area contributed by atoms with Crippen LogP contribution < -0.4 is 0 Å². The largest absolute Gasteiger partial charge is 0.303 e. The maximum Gasteiger partial charge on any atom is 0.000691 e. The molecule has 0 amide bonds. The molecule has 1 heteroatoms. The van der Waals surface area contributed by atoms with Gasteiger partial charge in [-0.3, -0.25) is 0 Å². The van der Waals surface area contributed by atoms with E-state index in [9.17, 15) is 0 Å². The van der Waals surface area contributed by atoms with Crippen LogP contribution in [0, 0.1) is 5.92 Å². The highest BCUT2D eigenvalue weighted by Gasteiger charge is 2.13. The van der Waals surface area contributed by atoms with E-state index in [1.807, 2.05) is 0 Å². The fourth-order valence-corrected chi connectivity index (χ4v) is 1.57. The van der Waals surface area contributed by atoms with Crippen molar-refractivity contribution in [3.8, 4) is 0 Å². The molecular weight excluding hydrogens is 110 g/mol. The summed E-state index contributed by atoms with van der Waals surface area (Å²) in [6.45, 7) is 8.50. The molecule has 1 heterocycles. The van der Waals surface area contributed by atoms with Gasteiger partial charge in [0.05, 0.1) is 0 Å². The Morgan fingerprint density at radius 2 is 2.33 bits per heavy atom. The van der Waals surface area contributed by atoms with E-state index in [1.165, 1.54) is 32.5 Å². The van der Waals surface area contributed by atoms with Gasteiger partial charge in [0.1, 0.15) is 0 Å². The first-order valence-corrected chi connectivity index (χ1v) is 4.05. The number of hydrogen-bond acceptors (Lipinski definition) is 1. The normalized spacial score (nSPS) is 30.7. The topological polar surface area (TPSA) is 3.24 Å². The molecule has 1 nitrogen and oxygen atoms in total. The van der Waals surface area contributed by atoms with E-state index in [0.29, 0.717) is 0 Å². The molecule has 0 bridgehead atoms. The molecule has 0 aliphatic carbocycles. The quantitative estimate of drug-likeness (QED) is 0.518. The fraction of sp³-hybridized carbons (Fsp3) is 1.00. The van der Waals surface area contributed by atoms with Gasteiger partial charge in [0.15, 0.2) is 0 Å². The molecule has 1 atom stereocenters. The van der Waals surface area contributed by atoms with Gasteiger partial charge in [-0.05, 0) is 31.8 Å². The summed E-state index contributed by atoms with van der Waals surface area (Å²) in [7, 11) is 0. The van der Waals surface area contributed by atoms with Crippen LogP contribution in [0.1, 0.15) is 26.7 Å². The Bertz CT molecular complexity index is 80.6. The van der Waals surface area contributed by atoms with E-state index >= 15 is 0 Å². The van der Waals surface area contributed by atoms with Crippen LogP contribution in [-0.2, 0) is 0 Å². The first-order valence-electron chi connectivity index (χ1n) is 4.05. The van der Waals surface area contributed by atoms with Crippen molar-refractivity contribution in [1.29, 1.82) is 0 Å². The molecule has 0 saturated carbocycles. The number of rotatable bonds is 1. The lowest BCUT2D eigenvalue weighted by Crippen LogP contribution is -2.33. The molecule has 54 valence electrons. The minimum atomic E-state index is 0.943. The van der Waals surface area contributed by atoms with Gasteiger partial charge in [0.2, 0.25) is 0 Å². The molecule has 1 aliphatic rings. The molecule has 0 radical (unpaired) electrons. The Hall–Kier alpha value is -0.0400. The SMILES string of the molecule is CCN1CCCC(C)C1. The number of piperidine rings is 1. The molecule has 0 aromatic carbocycles. The zero-order chi connectivity index (χ0) is 6.69. The standard InChI is InChI=1S/C8H17N/c1-3-9-6-4-5-8(2)7-9/h8H,3-7H2,1-2H3. The van der Waals surface area contributed by atoms with Crippen molar-refractivity contribution >= 4 is 0 Å². The van der Waals surface area contributed by atoms with Crippen molar-refractivity contribution in [2.24, 2.45) is 5.92 Å². The minimum Gasteiger partial charge on any atom is -0.303 e. The van der Waals surface area contributed by atoms with Gasteiger partial charge in [-0.1, -0.05) is 13.8 Å². The Labute approximate surface area is 58.0 Å². The molecule has 0 N–H and O–H groups in total. The van der Waals surface area contributed by atoms with Gasteiger partial charge >= 0.3 is 0 Å². The lowest BCUT2D eigenvalue weighted by Gasteiger charge is -2.29. The van der Waals surface area contributed by atoms with Gasteiger partial charge in [0.25, 0.3) is 0 Å². The third kappa shape index (κ3) is 1.98. The van der Waals surface area contributed by atoms with Crippen molar-refractivity contribution in [2.75, 3.05) is 19.6 Å². The van der Waals surface area contributed by atoms with E-state index in [4.69, 9.17) is 0 Å². The van der Waals surface area contributed by atoms with Crippen LogP contribution in [0.25, 0.3) is 0 Å². The Morgan fingerprint density at radius 1 is 1.56 bits per heavy atom. The van der Waals surface area contributed by atoms with Gasteiger partial charge in [-0.2, -0.15) is 0 Å². The Balaban J connectivity index is 2.23. The Kier molecular flexibility index (Phi) is 2.52. The summed E-state index contributed by atoms with van der Waals surface area (Å²) in [4.78, 5) is 2.54. The van der Waals surface area contributed by atoms with Crippen LogP contribution >= 0.6 is 0 Å². The highest BCUT2D eigenvalue weighted by molar-refractivity contribution is 4.67. The third-order valence-corrected chi connectivity index (χ3v) is 2.19. The van der Waals surface area contributed by atoms with Crippen molar-refractivity contribution in [2.45, 2.75) is 26.7 Å². The van der Waals surface area contributed by atoms with Crippen molar-refractivity contribution in [3.05, 3.63) is 0 Å². The monoisotopic (exact) mass is 127 g/mol. The predicted octanol–water partition coefficient (Wildman–Crippen LogP) is 1.74. The van der Waals surface area contributed by atoms with E-state index in [1.54, 1.807) is 0 Å². The van der Waals surface area contributed by atoms with Gasteiger partial charge < -0.3 is 4.90 Å². The van der Waals surface area contributed by atoms with E-state index in [-0.39, 0.29) is 0 Å². The summed E-state index contributed by atoms with van der Waals surface area (Å²) in [6, 6.07) is 0. The van der Waals surface area contributed by atoms with E-state index in [0.717, 1.165) is 5.92 Å². The maximum atomic E-state index is 2.54. The lowest BCUT2D eigenvalue weighted by molar-refractivity contribution is 0.192. The van der Waals surface area contributed by atoms with Crippen LogP contribution in [-0.4, -0.2) is 24.5 Å². The predicted molar refractivity (Wildman–Crippen MR) is 40.5 cm³/mol. The number of hydrogen-bond donors (Lipinski definition) is 0. The summed E-state index contributed by atoms with van der Waals surface area (Å²) in [5.41, 5.74) is 0. The van der Waals surface area contributed by atoms with Crippen molar-refractivity contribution in [3.63, 3.8) is 0 Å². The van der Waals surface area contributed by atoms with Crippen LogP contribution in [0.3, 0.4) is 0 Å². The van der Waals surface area contributed by atoms with Gasteiger partial charge in [-0.25, -0.2) is 0 Å². The molecule has 0 aromatic rings. The maximum absolute atomic E-state index is 2.54. The number of nitrogens with zero attached hydrogens (tertiary/aromatic N) is 1. The van der Waals surface area contributed by atoms with Crippen molar-refractivity contribution < 1.29 is 0 Å². The first kappa shape index (κ1) is 7.07. The Morgan fingerprint density at radius 3 is 2.78 bits per heavy atom. The van der Waals surface area contributed by atoms with Crippen molar-refractivity contribution in [1.82, 2.24) is 4.90 Å². The highest BCUT2D eigenvalue weighted by Crippen LogP contribution is 2.14. The molecular formula is C8H17N. The molecule has 0 aromatic heterocycles. The summed E-state index contributed by atoms with van der Waals surface area (Å²) in [5.74, 6) is 0.943. The molecule has 1 rings (SSSR count). The summed E-state index contributed by atoms with van der Waals surface area (Å²) in [5, 5.41) is 0. The zero-order valence-electron chi connectivity index (χ0n) is 6.56. The lowest BCUT2D eigenvalue weighted by atomic mass is 10.0. The second kappa shape index (κ2) is 3.21. The highest BCUT2D eigenvalue weighted by atomic mass is 15.1. The van der Waals surface area contributed by atoms with E-state index < -0.39 is 0 Å². The molecule has 1 fully saturated rings. The van der Waals surface area contributed by atoms with Crippen LogP contribution in [0.2, 0.25) is 0 Å². The minimum absolute atomic E-state index is 0.943. The molecule has 9 heavy (non-hydrogen) atoms. The average Bonchev–Trinajstić information content (AvgIpc) is 1.88. The molecule has 1 aliphatic heterocycles. The molecule has 0 spiro atoms. The fourth-order valence-electron chi connectivity index (χ4n) is 1.57. The van der Waals surface area contributed by atoms with Gasteiger partial charge in [0, 0.05) is 6.54 Å². The second-order valence-corrected chi connectivity index (χ2v) is 3.14. The van der Waals surface area contributed by atoms with Crippen LogP contribution in [0.5, 0.6) is 0 Å². The smallest absolute Gasteiger partial charge is 0.000691 e. The summed E-state index contributed by atoms with van der Waals surface area (Å²) >= 11 is 0. The third-order valence-electron chi connectivity index (χ3n) is 2.19. The second-order valence-electron chi connectivity index (χ2n) is 3.14. The van der Waals surface area contributed by atoms with Crippen LogP contribution in [0.15, 0.2) is 0 Å². The van der Waals surface area contributed by atoms with Crippen LogP contribution in [0.4, 0.5) is 0 Å². The zero-order valence-corrected chi connectivity index (χ0v) is 6.56. The molecule has 1 saturated heterocycles. The van der Waals surface area contributed by atoms with E-state index in [2.05, 4.69) is 18.7 Å². The number of likely N-dealkylation sites (tertiary alicyclic amines) is 1. The summed E-state index contributed by atoms with van der Waals surface area (Å²) in [6.07, 6.45) is 2.85.